The molecule has 0 amide bonds. The minimum atomic E-state index is -0.572. The minimum absolute atomic E-state index is 0.367. The highest BCUT2D eigenvalue weighted by molar-refractivity contribution is 5.75. The number of nitrogens with two attached hydrogens (primary N) is 1. The van der Waals surface area contributed by atoms with E-state index < -0.39 is 6.04 Å². The van der Waals surface area contributed by atoms with Gasteiger partial charge in [-0.3, -0.25) is 4.79 Å². The van der Waals surface area contributed by atoms with Crippen molar-refractivity contribution in [1.82, 2.24) is 0 Å². The van der Waals surface area contributed by atoms with Crippen LogP contribution in [0.2, 0.25) is 0 Å². The number of ether oxygens (including phenoxy) is 1. The normalized spacial score (nSPS) is 12.3. The molecule has 0 radical (unpaired) electrons. The van der Waals surface area contributed by atoms with E-state index in [-0.39, 0.29) is 5.97 Å². The van der Waals surface area contributed by atoms with Crippen molar-refractivity contribution < 1.29 is 9.53 Å². The Kier molecular flexibility index (Phi) is 3.86. The molecule has 2 N–H and O–H groups in total. The van der Waals surface area contributed by atoms with Crippen molar-refractivity contribution in [2.24, 2.45) is 5.73 Å². The third-order valence-electron chi connectivity index (χ3n) is 2.53. The first-order valence-corrected chi connectivity index (χ1v) is 4.94. The van der Waals surface area contributed by atoms with Gasteiger partial charge in [0.15, 0.2) is 0 Å². The van der Waals surface area contributed by atoms with Crippen molar-refractivity contribution in [3.63, 3.8) is 0 Å². The van der Waals surface area contributed by atoms with Gasteiger partial charge in [-0.25, -0.2) is 0 Å². The Hall–Kier alpha value is -1.35. The zero-order chi connectivity index (χ0) is 11.4. The number of aryl methyl sites for hydroxylation is 2. The molecular formula is C12H17NO2. The predicted octanol–water partition coefficient (Wildman–Crippen LogP) is 1.35. The highest BCUT2D eigenvalue weighted by Gasteiger charge is 2.14. The summed E-state index contributed by atoms with van der Waals surface area (Å²) in [5, 5.41) is 0. The van der Waals surface area contributed by atoms with Gasteiger partial charge in [0.25, 0.3) is 0 Å². The van der Waals surface area contributed by atoms with Crippen molar-refractivity contribution >= 4 is 5.97 Å². The van der Waals surface area contributed by atoms with E-state index in [1.807, 2.05) is 19.1 Å². The largest absolute Gasteiger partial charge is 0.468 e. The van der Waals surface area contributed by atoms with Crippen LogP contribution in [0.5, 0.6) is 0 Å². The van der Waals surface area contributed by atoms with Gasteiger partial charge in [-0.2, -0.15) is 0 Å². The molecule has 0 spiro atoms. The van der Waals surface area contributed by atoms with E-state index in [4.69, 9.17) is 5.73 Å². The summed E-state index contributed by atoms with van der Waals surface area (Å²) in [6.45, 7) is 4.10. The Morgan fingerprint density at radius 3 is 2.60 bits per heavy atom. The maximum Gasteiger partial charge on any atom is 0.322 e. The van der Waals surface area contributed by atoms with E-state index >= 15 is 0 Å². The third kappa shape index (κ3) is 3.06. The number of esters is 1. The molecule has 3 nitrogen and oxygen atoms in total. The zero-order valence-electron chi connectivity index (χ0n) is 9.41. The van der Waals surface area contributed by atoms with Gasteiger partial charge in [0.1, 0.15) is 6.04 Å². The quantitative estimate of drug-likeness (QED) is 0.761. The van der Waals surface area contributed by atoms with Crippen LogP contribution < -0.4 is 5.73 Å². The Morgan fingerprint density at radius 1 is 1.40 bits per heavy atom. The maximum absolute atomic E-state index is 11.1. The fraction of sp³-hybridized carbons (Fsp3) is 0.417. The van der Waals surface area contributed by atoms with Crippen molar-refractivity contribution in [1.29, 1.82) is 0 Å². The van der Waals surface area contributed by atoms with E-state index in [1.165, 1.54) is 18.2 Å². The smallest absolute Gasteiger partial charge is 0.322 e. The maximum atomic E-state index is 11.1. The summed E-state index contributed by atoms with van der Waals surface area (Å²) >= 11 is 0. The van der Waals surface area contributed by atoms with Gasteiger partial charge in [0.05, 0.1) is 7.11 Å². The van der Waals surface area contributed by atoms with E-state index in [0.29, 0.717) is 6.42 Å². The zero-order valence-corrected chi connectivity index (χ0v) is 9.41. The fourth-order valence-electron chi connectivity index (χ4n) is 1.42. The molecule has 1 aromatic rings. The molecule has 0 aromatic heterocycles. The molecule has 0 aliphatic carbocycles. The van der Waals surface area contributed by atoms with Crippen molar-refractivity contribution in [3.05, 3.63) is 34.9 Å². The Morgan fingerprint density at radius 2 is 2.07 bits per heavy atom. The number of carbonyl (C=O) groups is 1. The third-order valence-corrected chi connectivity index (χ3v) is 2.53. The van der Waals surface area contributed by atoms with Crippen LogP contribution in [0.3, 0.4) is 0 Å². The molecule has 1 aromatic carbocycles. The van der Waals surface area contributed by atoms with Gasteiger partial charge in [-0.1, -0.05) is 18.2 Å². The van der Waals surface area contributed by atoms with Gasteiger partial charge in [-0.05, 0) is 37.0 Å². The van der Waals surface area contributed by atoms with E-state index in [9.17, 15) is 4.79 Å². The van der Waals surface area contributed by atoms with Crippen molar-refractivity contribution in [2.45, 2.75) is 26.3 Å². The highest BCUT2D eigenvalue weighted by Crippen LogP contribution is 2.11. The first-order chi connectivity index (χ1) is 7.04. The van der Waals surface area contributed by atoms with Crippen LogP contribution in [0.15, 0.2) is 18.2 Å². The van der Waals surface area contributed by atoms with E-state index in [1.54, 1.807) is 0 Å². The fourth-order valence-corrected chi connectivity index (χ4v) is 1.42. The van der Waals surface area contributed by atoms with Gasteiger partial charge < -0.3 is 10.5 Å². The molecule has 15 heavy (non-hydrogen) atoms. The van der Waals surface area contributed by atoms with Crippen molar-refractivity contribution in [3.8, 4) is 0 Å². The van der Waals surface area contributed by atoms with Crippen LogP contribution in [0.4, 0.5) is 0 Å². The van der Waals surface area contributed by atoms with Crippen LogP contribution in [0.25, 0.3) is 0 Å². The molecule has 0 fully saturated rings. The van der Waals surface area contributed by atoms with Crippen molar-refractivity contribution in [2.75, 3.05) is 7.11 Å². The van der Waals surface area contributed by atoms with Crippen LogP contribution in [0, 0.1) is 13.8 Å². The molecule has 0 saturated carbocycles. The first kappa shape index (κ1) is 11.7. The number of hydrogen-bond acceptors (Lipinski definition) is 3. The average molecular weight is 207 g/mol. The van der Waals surface area contributed by atoms with Gasteiger partial charge in [0, 0.05) is 0 Å². The summed E-state index contributed by atoms with van der Waals surface area (Å²) < 4.78 is 4.57. The average Bonchev–Trinajstić information content (AvgIpc) is 2.22. The van der Waals surface area contributed by atoms with E-state index in [0.717, 1.165) is 5.56 Å². The topological polar surface area (TPSA) is 52.3 Å². The lowest BCUT2D eigenvalue weighted by molar-refractivity contribution is -0.142. The van der Waals surface area contributed by atoms with E-state index in [2.05, 4.69) is 17.7 Å². The number of carbonyl (C=O) groups excluding carboxylic acids is 1. The van der Waals surface area contributed by atoms with Crippen LogP contribution in [0.1, 0.15) is 16.7 Å². The Labute approximate surface area is 90.2 Å². The monoisotopic (exact) mass is 207 g/mol. The number of methoxy groups -OCH3 is 1. The number of rotatable bonds is 3. The molecule has 1 unspecified atom stereocenters. The molecule has 0 saturated heterocycles. The molecule has 1 atom stereocenters. The summed E-state index contributed by atoms with van der Waals surface area (Å²) in [7, 11) is 1.35. The van der Waals surface area contributed by atoms with Gasteiger partial charge in [-0.15, -0.1) is 0 Å². The van der Waals surface area contributed by atoms with Gasteiger partial charge >= 0.3 is 5.97 Å². The standard InChI is InChI=1S/C12H17NO2/c1-8-4-5-10(6-9(8)2)7-11(13)12(14)15-3/h4-6,11H,7,13H2,1-3H3. The second-order valence-electron chi connectivity index (χ2n) is 3.75. The second kappa shape index (κ2) is 4.94. The summed E-state index contributed by atoms with van der Waals surface area (Å²) in [5.74, 6) is -0.367. The molecule has 1 rings (SSSR count). The predicted molar refractivity (Wildman–Crippen MR) is 59.6 cm³/mol. The number of hydrogen-bond donors (Lipinski definition) is 1. The van der Waals surface area contributed by atoms with Crippen LogP contribution in [-0.2, 0) is 16.0 Å². The Balaban J connectivity index is 2.73. The highest BCUT2D eigenvalue weighted by atomic mass is 16.5. The molecule has 0 aliphatic heterocycles. The summed E-state index contributed by atoms with van der Waals surface area (Å²) in [4.78, 5) is 11.1. The Bertz CT molecular complexity index is 361. The molecule has 0 aliphatic rings. The summed E-state index contributed by atoms with van der Waals surface area (Å²) in [5.41, 5.74) is 9.19. The lowest BCUT2D eigenvalue weighted by atomic mass is 10.0. The summed E-state index contributed by atoms with van der Waals surface area (Å²) in [6.07, 6.45) is 0.522. The van der Waals surface area contributed by atoms with Gasteiger partial charge in [0.2, 0.25) is 0 Å². The molecule has 0 heterocycles. The van der Waals surface area contributed by atoms with Crippen LogP contribution >= 0.6 is 0 Å². The second-order valence-corrected chi connectivity index (χ2v) is 3.75. The summed E-state index contributed by atoms with van der Waals surface area (Å²) in [6, 6.07) is 5.51. The lowest BCUT2D eigenvalue weighted by Gasteiger charge is -2.10. The van der Waals surface area contributed by atoms with Crippen LogP contribution in [-0.4, -0.2) is 19.1 Å². The first-order valence-electron chi connectivity index (χ1n) is 4.94. The molecular weight excluding hydrogens is 190 g/mol. The molecule has 82 valence electrons. The minimum Gasteiger partial charge on any atom is -0.468 e. The SMILES string of the molecule is COC(=O)C(N)Cc1ccc(C)c(C)c1. The lowest BCUT2D eigenvalue weighted by Crippen LogP contribution is -2.33. The molecule has 0 bridgehead atoms. The number of benzene rings is 1. The molecule has 3 heteroatoms.